The molecule has 1 saturated carbocycles. The molecule has 0 spiro atoms. The predicted molar refractivity (Wildman–Crippen MR) is 178 cm³/mol. The number of nitrogens with zero attached hydrogens (tertiary/aromatic N) is 2. The van der Waals surface area contributed by atoms with Crippen LogP contribution in [0.5, 0.6) is 0 Å². The highest BCUT2D eigenvalue weighted by Gasteiger charge is 2.35. The van der Waals surface area contributed by atoms with Crippen LogP contribution in [0, 0.1) is 5.82 Å². The van der Waals surface area contributed by atoms with Crippen molar-refractivity contribution in [2.45, 2.75) is 62.0 Å². The summed E-state index contributed by atoms with van der Waals surface area (Å²) in [5, 5.41) is 3.43. The van der Waals surface area contributed by atoms with Gasteiger partial charge in [-0.25, -0.2) is 12.8 Å². The summed E-state index contributed by atoms with van der Waals surface area (Å²) in [6.45, 7) is -0.885. The number of amides is 2. The molecule has 0 unspecified atom stereocenters. The number of carbonyl (C=O) groups excluding carboxylic acids is 2. The molecule has 1 aliphatic carbocycles. The predicted octanol–water partition coefficient (Wildman–Crippen LogP) is 6.76. The molecule has 46 heavy (non-hydrogen) atoms. The van der Waals surface area contributed by atoms with Crippen molar-refractivity contribution in [3.05, 3.63) is 131 Å². The van der Waals surface area contributed by atoms with Crippen LogP contribution in [0.25, 0.3) is 0 Å². The summed E-state index contributed by atoms with van der Waals surface area (Å²) < 4.78 is 44.2. The minimum atomic E-state index is -4.26. The smallest absolute Gasteiger partial charge is 0.264 e. The SMILES string of the molecule is O=C(NC1CCCCC1)[C@@H](Cc1ccccc1)N(Cc1ccccc1F)C(=O)CN(c1cccc(Cl)c1)S(=O)(=O)c1ccccc1. The molecule has 10 heteroatoms. The Balaban J connectivity index is 1.56. The molecule has 0 bridgehead atoms. The summed E-state index contributed by atoms with van der Waals surface area (Å²) in [4.78, 5) is 29.9. The third-order valence-corrected chi connectivity index (χ3v) is 10.3. The lowest BCUT2D eigenvalue weighted by Crippen LogP contribution is -2.55. The van der Waals surface area contributed by atoms with Gasteiger partial charge in [0.2, 0.25) is 11.8 Å². The lowest BCUT2D eigenvalue weighted by Gasteiger charge is -2.35. The van der Waals surface area contributed by atoms with Gasteiger partial charge >= 0.3 is 0 Å². The first kappa shape index (κ1) is 33.2. The van der Waals surface area contributed by atoms with Gasteiger partial charge in [-0.3, -0.25) is 13.9 Å². The topological polar surface area (TPSA) is 86.8 Å². The van der Waals surface area contributed by atoms with Crippen molar-refractivity contribution in [1.82, 2.24) is 10.2 Å². The Labute approximate surface area is 275 Å². The second kappa shape index (κ2) is 15.4. The fraction of sp³-hybridized carbons (Fsp3) is 0.278. The van der Waals surface area contributed by atoms with Crippen LogP contribution in [-0.2, 0) is 32.6 Å². The van der Waals surface area contributed by atoms with Gasteiger partial charge < -0.3 is 10.2 Å². The van der Waals surface area contributed by atoms with Crippen molar-refractivity contribution in [3.63, 3.8) is 0 Å². The minimum Gasteiger partial charge on any atom is -0.352 e. The molecule has 4 aromatic carbocycles. The van der Waals surface area contributed by atoms with Crippen LogP contribution in [0.3, 0.4) is 0 Å². The normalized spacial score (nSPS) is 14.3. The quantitative estimate of drug-likeness (QED) is 0.182. The number of anilines is 1. The molecule has 4 aromatic rings. The summed E-state index contributed by atoms with van der Waals surface area (Å²) in [7, 11) is -4.26. The van der Waals surface area contributed by atoms with Crippen LogP contribution >= 0.6 is 11.6 Å². The van der Waals surface area contributed by atoms with Crippen LogP contribution in [0.4, 0.5) is 10.1 Å². The average Bonchev–Trinajstić information content (AvgIpc) is 3.07. The van der Waals surface area contributed by atoms with E-state index in [0.717, 1.165) is 42.0 Å². The van der Waals surface area contributed by atoms with E-state index in [1.807, 2.05) is 30.3 Å². The zero-order valence-electron chi connectivity index (χ0n) is 25.4. The molecule has 0 saturated heterocycles. The van der Waals surface area contributed by atoms with Gasteiger partial charge in [-0.1, -0.05) is 104 Å². The van der Waals surface area contributed by atoms with Crippen LogP contribution in [0.2, 0.25) is 5.02 Å². The van der Waals surface area contributed by atoms with E-state index in [0.29, 0.717) is 0 Å². The molecule has 0 aromatic heterocycles. The van der Waals surface area contributed by atoms with Crippen LogP contribution in [-0.4, -0.2) is 43.8 Å². The number of carbonyl (C=O) groups is 2. The standard InChI is InChI=1S/C36H37ClFN3O4S/c37-29-16-12-19-31(24-29)41(46(44,45)32-20-8-3-9-21-32)26-35(42)40(25-28-15-10-11-22-33(28)38)34(23-27-13-4-1-5-14-27)36(43)39-30-17-6-2-7-18-30/h1,3-5,8-16,19-22,24,30,34H,2,6-7,17-18,23,25-26H2,(H,39,43)/t34-/m1/s1. The Kier molecular flexibility index (Phi) is 11.1. The van der Waals surface area contributed by atoms with Gasteiger partial charge in [0.15, 0.2) is 0 Å². The molecule has 1 fully saturated rings. The van der Waals surface area contributed by atoms with Crippen molar-refractivity contribution in [1.29, 1.82) is 0 Å². The van der Waals surface area contributed by atoms with E-state index < -0.39 is 34.3 Å². The number of benzene rings is 4. The van der Waals surface area contributed by atoms with Gasteiger partial charge in [-0.15, -0.1) is 0 Å². The number of hydrogen-bond acceptors (Lipinski definition) is 4. The molecule has 1 aliphatic rings. The third kappa shape index (κ3) is 8.33. The second-order valence-corrected chi connectivity index (χ2v) is 13.8. The lowest BCUT2D eigenvalue weighted by molar-refractivity contribution is -0.140. The second-order valence-electron chi connectivity index (χ2n) is 11.5. The van der Waals surface area contributed by atoms with Gasteiger partial charge in [0.05, 0.1) is 10.6 Å². The van der Waals surface area contributed by atoms with E-state index in [2.05, 4.69) is 5.32 Å². The maximum atomic E-state index is 15.1. The van der Waals surface area contributed by atoms with Crippen molar-refractivity contribution in [3.8, 4) is 0 Å². The van der Waals surface area contributed by atoms with Crippen LogP contribution < -0.4 is 9.62 Å². The van der Waals surface area contributed by atoms with Gasteiger partial charge in [0.25, 0.3) is 10.0 Å². The zero-order chi connectivity index (χ0) is 32.5. The van der Waals surface area contributed by atoms with E-state index >= 15 is 4.39 Å². The molecule has 2 amide bonds. The Morgan fingerprint density at radius 1 is 0.848 bits per heavy atom. The molecule has 0 aliphatic heterocycles. The Morgan fingerprint density at radius 3 is 2.17 bits per heavy atom. The largest absolute Gasteiger partial charge is 0.352 e. The summed E-state index contributed by atoms with van der Waals surface area (Å²) in [6, 6.07) is 28.3. The van der Waals surface area contributed by atoms with Gasteiger partial charge in [-0.05, 0) is 54.8 Å². The Hall–Kier alpha value is -4.21. The molecular formula is C36H37ClFN3O4S. The fourth-order valence-electron chi connectivity index (χ4n) is 5.79. The molecule has 1 atom stereocenters. The maximum absolute atomic E-state index is 15.1. The molecule has 0 radical (unpaired) electrons. The van der Waals surface area contributed by atoms with Crippen molar-refractivity contribution < 1.29 is 22.4 Å². The van der Waals surface area contributed by atoms with E-state index in [-0.39, 0.29) is 46.1 Å². The molecular weight excluding hydrogens is 625 g/mol. The molecule has 1 N–H and O–H groups in total. The summed E-state index contributed by atoms with van der Waals surface area (Å²) in [6.07, 6.45) is 4.93. The van der Waals surface area contributed by atoms with Crippen LogP contribution in [0.15, 0.2) is 114 Å². The first-order valence-corrected chi connectivity index (χ1v) is 17.2. The Morgan fingerprint density at radius 2 is 1.50 bits per heavy atom. The highest BCUT2D eigenvalue weighted by Crippen LogP contribution is 2.27. The number of halogens is 2. The fourth-order valence-corrected chi connectivity index (χ4v) is 7.40. The lowest BCUT2D eigenvalue weighted by atomic mass is 9.94. The minimum absolute atomic E-state index is 0.0145. The molecule has 240 valence electrons. The highest BCUT2D eigenvalue weighted by molar-refractivity contribution is 7.92. The highest BCUT2D eigenvalue weighted by atomic mass is 35.5. The van der Waals surface area contributed by atoms with Crippen molar-refractivity contribution >= 4 is 39.1 Å². The monoisotopic (exact) mass is 661 g/mol. The summed E-state index contributed by atoms with van der Waals surface area (Å²) in [5.41, 5.74) is 1.20. The number of sulfonamides is 1. The summed E-state index contributed by atoms with van der Waals surface area (Å²) >= 11 is 6.27. The molecule has 7 nitrogen and oxygen atoms in total. The van der Waals surface area contributed by atoms with E-state index in [4.69, 9.17) is 11.6 Å². The van der Waals surface area contributed by atoms with Crippen LogP contribution in [0.1, 0.15) is 43.2 Å². The first-order chi connectivity index (χ1) is 22.2. The number of hydrogen-bond donors (Lipinski definition) is 1. The zero-order valence-corrected chi connectivity index (χ0v) is 27.0. The van der Waals surface area contributed by atoms with E-state index in [1.165, 1.54) is 29.2 Å². The number of rotatable bonds is 12. The summed E-state index contributed by atoms with van der Waals surface area (Å²) in [5.74, 6) is -1.56. The van der Waals surface area contributed by atoms with E-state index in [1.54, 1.807) is 54.6 Å². The molecule has 5 rings (SSSR count). The third-order valence-electron chi connectivity index (χ3n) is 8.23. The average molecular weight is 662 g/mol. The Bertz CT molecular complexity index is 1730. The van der Waals surface area contributed by atoms with E-state index in [9.17, 15) is 18.0 Å². The van der Waals surface area contributed by atoms with Gasteiger partial charge in [0.1, 0.15) is 18.4 Å². The van der Waals surface area contributed by atoms with Crippen molar-refractivity contribution in [2.24, 2.45) is 0 Å². The number of nitrogens with one attached hydrogen (secondary N) is 1. The van der Waals surface area contributed by atoms with Crippen molar-refractivity contribution in [2.75, 3.05) is 10.8 Å². The first-order valence-electron chi connectivity index (χ1n) is 15.4. The van der Waals surface area contributed by atoms with Gasteiger partial charge in [-0.2, -0.15) is 0 Å². The maximum Gasteiger partial charge on any atom is 0.264 e. The van der Waals surface area contributed by atoms with Gasteiger partial charge in [0, 0.05) is 29.6 Å². The molecule has 0 heterocycles.